The molecule has 0 aliphatic rings. The van der Waals surface area contributed by atoms with E-state index in [1.54, 1.807) is 0 Å². The van der Waals surface area contributed by atoms with E-state index in [1.165, 1.54) is 32.3 Å². The van der Waals surface area contributed by atoms with Crippen LogP contribution < -0.4 is 0 Å². The summed E-state index contributed by atoms with van der Waals surface area (Å²) in [5.74, 6) is 0. The lowest BCUT2D eigenvalue weighted by Crippen LogP contribution is -2.00. The van der Waals surface area contributed by atoms with Crippen molar-refractivity contribution in [3.05, 3.63) is 127 Å². The van der Waals surface area contributed by atoms with E-state index >= 15 is 0 Å². The van der Waals surface area contributed by atoms with Crippen LogP contribution in [-0.4, -0.2) is 15.0 Å². The van der Waals surface area contributed by atoms with Crippen molar-refractivity contribution in [1.82, 2.24) is 15.0 Å². The van der Waals surface area contributed by atoms with Crippen LogP contribution in [0.25, 0.3) is 98.8 Å². The maximum Gasteiger partial charge on any atom is 0.0788 e. The van der Waals surface area contributed by atoms with Crippen LogP contribution in [0.2, 0.25) is 0 Å². The van der Waals surface area contributed by atoms with Gasteiger partial charge in [-0.2, -0.15) is 0 Å². The number of aromatic nitrogens is 3. The maximum atomic E-state index is 5.33. The van der Waals surface area contributed by atoms with Crippen LogP contribution >= 0.6 is 0 Å². The summed E-state index contributed by atoms with van der Waals surface area (Å²) in [6, 6.07) is 44.8. The highest BCUT2D eigenvalue weighted by atomic mass is 14.7. The van der Waals surface area contributed by atoms with Crippen molar-refractivity contribution in [2.24, 2.45) is 0 Å². The first kappa shape index (κ1) is 22.1. The third-order valence-corrected chi connectivity index (χ3v) is 8.90. The van der Waals surface area contributed by atoms with Crippen LogP contribution in [0.1, 0.15) is 0 Å². The van der Waals surface area contributed by atoms with Gasteiger partial charge in [-0.1, -0.05) is 91.0 Å². The summed E-state index contributed by atoms with van der Waals surface area (Å²) >= 11 is 0. The molecule has 192 valence electrons. The Balaban J connectivity index is 1.51. The molecule has 0 fully saturated rings. The summed E-state index contributed by atoms with van der Waals surface area (Å²) in [5.41, 5.74) is 9.38. The van der Waals surface area contributed by atoms with Gasteiger partial charge < -0.3 is 0 Å². The third kappa shape index (κ3) is 2.77. The molecule has 0 aliphatic carbocycles. The fourth-order valence-corrected chi connectivity index (χ4v) is 7.18. The van der Waals surface area contributed by atoms with Crippen LogP contribution in [0.3, 0.4) is 0 Å². The highest BCUT2D eigenvalue weighted by Gasteiger charge is 2.26. The van der Waals surface area contributed by atoms with Gasteiger partial charge in [0.15, 0.2) is 0 Å². The molecule has 0 N–H and O–H groups in total. The molecule has 3 aromatic heterocycles. The van der Waals surface area contributed by atoms with Crippen molar-refractivity contribution in [2.45, 2.75) is 0 Å². The van der Waals surface area contributed by atoms with Crippen molar-refractivity contribution >= 4 is 65.0 Å². The van der Waals surface area contributed by atoms with Gasteiger partial charge in [0, 0.05) is 65.2 Å². The number of pyridine rings is 3. The highest BCUT2D eigenvalue weighted by Crippen LogP contribution is 2.51. The van der Waals surface area contributed by atoms with E-state index in [0.29, 0.717) is 0 Å². The normalized spacial score (nSPS) is 12.3. The smallest absolute Gasteiger partial charge is 0.0788 e. The van der Waals surface area contributed by atoms with E-state index in [-0.39, 0.29) is 0 Å². The molecular weight excluding hydrogens is 510 g/mol. The second-order valence-corrected chi connectivity index (χ2v) is 11.1. The molecule has 3 heterocycles. The van der Waals surface area contributed by atoms with Crippen LogP contribution in [-0.2, 0) is 0 Å². The summed E-state index contributed by atoms with van der Waals surface area (Å²) in [7, 11) is 0. The summed E-state index contributed by atoms with van der Waals surface area (Å²) in [6.45, 7) is 0. The number of benzene rings is 7. The summed E-state index contributed by atoms with van der Waals surface area (Å²) in [5, 5.41) is 10.8. The zero-order chi connectivity index (χ0) is 27.4. The first-order valence-electron chi connectivity index (χ1n) is 14.3. The quantitative estimate of drug-likeness (QED) is 0.168. The Labute approximate surface area is 240 Å². The molecule has 0 aliphatic heterocycles. The number of hydrogen-bond acceptors (Lipinski definition) is 3. The summed E-state index contributed by atoms with van der Waals surface area (Å²) < 4.78 is 0. The Bertz CT molecular complexity index is 2270. The van der Waals surface area contributed by atoms with Crippen molar-refractivity contribution in [2.75, 3.05) is 0 Å². The molecule has 0 unspecified atom stereocenters. The summed E-state index contributed by atoms with van der Waals surface area (Å²) in [4.78, 5) is 16.0. The van der Waals surface area contributed by atoms with Gasteiger partial charge in [0.25, 0.3) is 0 Å². The minimum Gasteiger partial charge on any atom is -0.247 e. The van der Waals surface area contributed by atoms with E-state index in [1.807, 2.05) is 0 Å². The van der Waals surface area contributed by atoms with Gasteiger partial charge in [-0.05, 0) is 36.4 Å². The van der Waals surface area contributed by atoms with Crippen LogP contribution in [0.5, 0.6) is 0 Å². The number of rotatable bonds is 3. The molecular formula is C39H21N3. The molecule has 0 spiro atoms. The molecule has 10 aromatic rings. The maximum absolute atomic E-state index is 5.33. The van der Waals surface area contributed by atoms with Gasteiger partial charge in [-0.15, -0.1) is 0 Å². The van der Waals surface area contributed by atoms with E-state index in [2.05, 4.69) is 127 Å². The monoisotopic (exact) mass is 531 g/mol. The van der Waals surface area contributed by atoms with Gasteiger partial charge in [0.1, 0.15) is 0 Å². The lowest BCUT2D eigenvalue weighted by molar-refractivity contribution is 1.41. The summed E-state index contributed by atoms with van der Waals surface area (Å²) in [6.07, 6.45) is 0. The van der Waals surface area contributed by atoms with Crippen molar-refractivity contribution in [1.29, 1.82) is 0 Å². The molecule has 10 rings (SSSR count). The average Bonchev–Trinajstić information content (AvgIpc) is 3.07. The predicted octanol–water partition coefficient (Wildman–Crippen LogP) is 10.1. The van der Waals surface area contributed by atoms with Crippen LogP contribution in [0.15, 0.2) is 127 Å². The molecule has 3 nitrogen and oxygen atoms in total. The van der Waals surface area contributed by atoms with Gasteiger partial charge in [0.2, 0.25) is 0 Å². The molecule has 7 aromatic carbocycles. The first-order chi connectivity index (χ1) is 20.8. The van der Waals surface area contributed by atoms with E-state index in [0.717, 1.165) is 66.5 Å². The molecule has 0 saturated carbocycles. The van der Waals surface area contributed by atoms with Crippen LogP contribution in [0, 0.1) is 0 Å². The Kier molecular flexibility index (Phi) is 4.18. The molecule has 0 amide bonds. The Morgan fingerprint density at radius 1 is 0.262 bits per heavy atom. The van der Waals surface area contributed by atoms with E-state index in [4.69, 9.17) is 15.0 Å². The lowest BCUT2D eigenvalue weighted by Gasteiger charge is -2.23. The fourth-order valence-electron chi connectivity index (χ4n) is 7.18. The third-order valence-electron chi connectivity index (χ3n) is 8.90. The fraction of sp³-hybridized carbons (Fsp3) is 0. The molecule has 42 heavy (non-hydrogen) atoms. The zero-order valence-electron chi connectivity index (χ0n) is 22.5. The minimum absolute atomic E-state index is 1.00. The zero-order valence-corrected chi connectivity index (χ0v) is 22.5. The Morgan fingerprint density at radius 2 is 0.548 bits per heavy atom. The van der Waals surface area contributed by atoms with Crippen LogP contribution in [0.4, 0.5) is 0 Å². The average molecular weight is 532 g/mol. The van der Waals surface area contributed by atoms with Gasteiger partial charge in [-0.3, -0.25) is 0 Å². The predicted molar refractivity (Wildman–Crippen MR) is 175 cm³/mol. The molecule has 0 radical (unpaired) electrons. The van der Waals surface area contributed by atoms with Crippen molar-refractivity contribution in [3.8, 4) is 33.8 Å². The SMILES string of the molecule is c1ccc(-c2nc3ccc4c(-c5ccccc5)nc5ccc6c(-c7ccccc7)nc7ccc2c2c7c6c5c4c32)cc1. The number of hydrogen-bond donors (Lipinski definition) is 0. The molecule has 0 saturated heterocycles. The second-order valence-electron chi connectivity index (χ2n) is 11.1. The van der Waals surface area contributed by atoms with Gasteiger partial charge in [-0.25, -0.2) is 15.0 Å². The highest BCUT2D eigenvalue weighted by molar-refractivity contribution is 6.45. The van der Waals surface area contributed by atoms with E-state index < -0.39 is 0 Å². The van der Waals surface area contributed by atoms with E-state index in [9.17, 15) is 0 Å². The topological polar surface area (TPSA) is 38.7 Å². The Morgan fingerprint density at radius 3 is 0.833 bits per heavy atom. The molecule has 3 heteroatoms. The number of nitrogens with zero attached hydrogens (tertiary/aromatic N) is 3. The second kappa shape index (κ2) is 7.96. The minimum atomic E-state index is 1.00. The van der Waals surface area contributed by atoms with Crippen molar-refractivity contribution < 1.29 is 0 Å². The Hall–Kier alpha value is -5.67. The standard InChI is InChI=1S/C39H21N3/c1-4-10-22(11-5-1)37-25-16-19-29-35-31(25)34-28(40-37)20-17-26-32(34)36-30(42-38(26)23-12-6-2-7-13-23)21-18-27(33(35)36)39(41-29)24-14-8-3-9-15-24/h1-21H. The van der Waals surface area contributed by atoms with Crippen molar-refractivity contribution in [3.63, 3.8) is 0 Å². The lowest BCUT2D eigenvalue weighted by atomic mass is 9.84. The first-order valence-corrected chi connectivity index (χ1v) is 14.3. The van der Waals surface area contributed by atoms with Gasteiger partial charge >= 0.3 is 0 Å². The molecule has 0 bridgehead atoms. The van der Waals surface area contributed by atoms with Gasteiger partial charge in [0.05, 0.1) is 33.6 Å². The molecule has 0 atom stereocenters. The largest absolute Gasteiger partial charge is 0.247 e.